The van der Waals surface area contributed by atoms with Gasteiger partial charge in [0.05, 0.1) is 4.88 Å². The Bertz CT molecular complexity index is 799. The summed E-state index contributed by atoms with van der Waals surface area (Å²) in [5.41, 5.74) is 2.03. The Morgan fingerprint density at radius 1 is 1.09 bits per heavy atom. The van der Waals surface area contributed by atoms with Gasteiger partial charge in [0.25, 0.3) is 0 Å². The lowest BCUT2D eigenvalue weighted by molar-refractivity contribution is 0.104. The number of benzene rings is 2. The van der Waals surface area contributed by atoms with E-state index < -0.39 is 0 Å². The Balaban J connectivity index is 1.90. The summed E-state index contributed by atoms with van der Waals surface area (Å²) >= 11 is 1.54. The van der Waals surface area contributed by atoms with Gasteiger partial charge in [0.1, 0.15) is 0 Å². The maximum Gasteiger partial charge on any atom is 0.203 e. The molecule has 0 fully saturated rings. The second-order valence-electron chi connectivity index (χ2n) is 5.73. The van der Waals surface area contributed by atoms with Crippen LogP contribution in [0.4, 0.5) is 0 Å². The fourth-order valence-corrected chi connectivity index (χ4v) is 3.44. The topological polar surface area (TPSA) is 20.3 Å². The zero-order chi connectivity index (χ0) is 15.5. The first-order valence-electron chi connectivity index (χ1n) is 7.40. The Labute approximate surface area is 135 Å². The average molecular weight is 309 g/mol. The molecule has 0 N–H and O–H groups in total. The van der Waals surface area contributed by atoms with Gasteiger partial charge in [-0.15, -0.1) is 11.3 Å². The van der Waals surface area contributed by atoms with Gasteiger partial charge in [-0.25, -0.2) is 0 Å². The van der Waals surface area contributed by atoms with Crippen LogP contribution in [0.1, 0.15) is 20.8 Å². The van der Waals surface area contributed by atoms with Gasteiger partial charge in [0.2, 0.25) is 5.78 Å². The summed E-state index contributed by atoms with van der Waals surface area (Å²) in [6.45, 7) is 0.999. The number of fused-ring (bicyclic) bond motifs is 1. The number of likely N-dealkylation sites (N-methyl/N-ethyl adjacent to an activating group) is 1. The second kappa shape index (κ2) is 6.42. The van der Waals surface area contributed by atoms with E-state index in [2.05, 4.69) is 24.4 Å². The molecule has 0 aliphatic carbocycles. The molecule has 0 aliphatic rings. The van der Waals surface area contributed by atoms with E-state index in [4.69, 9.17) is 0 Å². The maximum atomic E-state index is 12.8. The highest BCUT2D eigenvalue weighted by atomic mass is 32.1. The van der Waals surface area contributed by atoms with Crippen molar-refractivity contribution >= 4 is 27.9 Å². The molecular weight excluding hydrogens is 290 g/mol. The Hall–Kier alpha value is -1.97. The summed E-state index contributed by atoms with van der Waals surface area (Å²) in [5, 5.41) is 4.23. The quantitative estimate of drug-likeness (QED) is 0.657. The molecule has 3 rings (SSSR count). The molecule has 0 aliphatic heterocycles. The third-order valence-electron chi connectivity index (χ3n) is 3.76. The monoisotopic (exact) mass is 309 g/mol. The third kappa shape index (κ3) is 3.11. The lowest BCUT2D eigenvalue weighted by Crippen LogP contribution is -2.14. The summed E-state index contributed by atoms with van der Waals surface area (Å²) in [6, 6.07) is 16.0. The van der Waals surface area contributed by atoms with Crippen molar-refractivity contribution < 1.29 is 4.79 Å². The molecule has 1 heterocycles. The highest BCUT2D eigenvalue weighted by Crippen LogP contribution is 2.24. The molecule has 0 amide bonds. The fraction of sp³-hybridized carbons (Fsp3) is 0.211. The Morgan fingerprint density at radius 2 is 1.86 bits per heavy atom. The Kier molecular flexibility index (Phi) is 4.36. The number of thiophene rings is 1. The highest BCUT2D eigenvalue weighted by Gasteiger charge is 2.14. The van der Waals surface area contributed by atoms with Crippen LogP contribution in [0.15, 0.2) is 53.9 Å². The van der Waals surface area contributed by atoms with Crippen molar-refractivity contribution in [2.45, 2.75) is 6.42 Å². The molecule has 2 aromatic carbocycles. The maximum absolute atomic E-state index is 12.8. The first kappa shape index (κ1) is 14.9. The van der Waals surface area contributed by atoms with Crippen molar-refractivity contribution in [2.75, 3.05) is 20.6 Å². The lowest BCUT2D eigenvalue weighted by Gasteiger charge is -2.07. The molecule has 0 saturated carbocycles. The predicted molar refractivity (Wildman–Crippen MR) is 94.0 cm³/mol. The van der Waals surface area contributed by atoms with Crippen LogP contribution in [0.3, 0.4) is 0 Å². The van der Waals surface area contributed by atoms with E-state index in [-0.39, 0.29) is 5.78 Å². The molecule has 112 valence electrons. The summed E-state index contributed by atoms with van der Waals surface area (Å²) in [6.07, 6.45) is 0.978. The smallest absolute Gasteiger partial charge is 0.203 e. The van der Waals surface area contributed by atoms with Crippen molar-refractivity contribution in [1.82, 2.24) is 4.90 Å². The van der Waals surface area contributed by atoms with E-state index in [1.54, 1.807) is 11.3 Å². The zero-order valence-corrected chi connectivity index (χ0v) is 13.7. The zero-order valence-electron chi connectivity index (χ0n) is 12.9. The van der Waals surface area contributed by atoms with Gasteiger partial charge < -0.3 is 4.90 Å². The first-order chi connectivity index (χ1) is 10.6. The highest BCUT2D eigenvalue weighted by molar-refractivity contribution is 7.12. The number of ketones is 1. The lowest BCUT2D eigenvalue weighted by atomic mass is 10.0. The number of carbonyl (C=O) groups is 1. The van der Waals surface area contributed by atoms with E-state index in [9.17, 15) is 4.79 Å². The molecule has 0 radical (unpaired) electrons. The van der Waals surface area contributed by atoms with Crippen molar-refractivity contribution in [2.24, 2.45) is 0 Å². The predicted octanol–water partition coefficient (Wildman–Crippen LogP) is 4.24. The van der Waals surface area contributed by atoms with E-state index in [0.717, 1.165) is 34.2 Å². The van der Waals surface area contributed by atoms with Crippen LogP contribution in [0, 0.1) is 0 Å². The molecule has 0 atom stereocenters. The minimum Gasteiger partial charge on any atom is -0.309 e. The molecular formula is C19H19NOS. The molecule has 3 aromatic rings. The second-order valence-corrected chi connectivity index (χ2v) is 6.64. The summed E-state index contributed by atoms with van der Waals surface area (Å²) in [5.74, 6) is 0.123. The summed E-state index contributed by atoms with van der Waals surface area (Å²) < 4.78 is 0. The SMILES string of the molecule is CN(C)CCc1csc(C(=O)c2cccc3ccccc23)c1. The van der Waals surface area contributed by atoms with Crippen LogP contribution < -0.4 is 0 Å². The number of hydrogen-bond donors (Lipinski definition) is 0. The Morgan fingerprint density at radius 3 is 2.68 bits per heavy atom. The molecule has 0 saturated heterocycles. The molecule has 22 heavy (non-hydrogen) atoms. The number of rotatable bonds is 5. The van der Waals surface area contributed by atoms with Crippen molar-refractivity contribution in [3.8, 4) is 0 Å². The van der Waals surface area contributed by atoms with E-state index >= 15 is 0 Å². The van der Waals surface area contributed by atoms with E-state index in [0.29, 0.717) is 0 Å². The minimum atomic E-state index is 0.123. The molecule has 0 bridgehead atoms. The van der Waals surface area contributed by atoms with Crippen LogP contribution in [-0.2, 0) is 6.42 Å². The standard InChI is InChI=1S/C19H19NOS/c1-20(2)11-10-14-12-18(22-13-14)19(21)17-9-5-7-15-6-3-4-8-16(15)17/h3-9,12-13H,10-11H2,1-2H3. The van der Waals surface area contributed by atoms with Gasteiger partial charge in [0.15, 0.2) is 0 Å². The van der Waals surface area contributed by atoms with E-state index in [1.165, 1.54) is 5.56 Å². The van der Waals surface area contributed by atoms with Gasteiger partial charge in [0, 0.05) is 12.1 Å². The minimum absolute atomic E-state index is 0.123. The van der Waals surface area contributed by atoms with E-state index in [1.807, 2.05) is 48.5 Å². The molecule has 2 nitrogen and oxygen atoms in total. The van der Waals surface area contributed by atoms with Crippen LogP contribution in [-0.4, -0.2) is 31.3 Å². The molecule has 1 aromatic heterocycles. The van der Waals surface area contributed by atoms with Gasteiger partial charge in [-0.1, -0.05) is 42.5 Å². The number of hydrogen-bond acceptors (Lipinski definition) is 3. The van der Waals surface area contributed by atoms with Crippen molar-refractivity contribution in [3.05, 3.63) is 69.9 Å². The fourth-order valence-electron chi connectivity index (χ4n) is 2.53. The van der Waals surface area contributed by atoms with Gasteiger partial charge >= 0.3 is 0 Å². The van der Waals surface area contributed by atoms with Crippen molar-refractivity contribution in [1.29, 1.82) is 0 Å². The number of nitrogens with zero attached hydrogens (tertiary/aromatic N) is 1. The van der Waals surface area contributed by atoms with Gasteiger partial charge in [-0.3, -0.25) is 4.79 Å². The number of carbonyl (C=O) groups excluding carboxylic acids is 1. The van der Waals surface area contributed by atoms with Crippen LogP contribution in [0.25, 0.3) is 10.8 Å². The summed E-state index contributed by atoms with van der Waals surface area (Å²) in [4.78, 5) is 15.8. The molecule has 3 heteroatoms. The first-order valence-corrected chi connectivity index (χ1v) is 8.28. The average Bonchev–Trinajstić information content (AvgIpc) is 3.00. The van der Waals surface area contributed by atoms with Crippen LogP contribution in [0.5, 0.6) is 0 Å². The van der Waals surface area contributed by atoms with Crippen molar-refractivity contribution in [3.63, 3.8) is 0 Å². The summed E-state index contributed by atoms with van der Waals surface area (Å²) in [7, 11) is 4.13. The molecule has 0 unspecified atom stereocenters. The third-order valence-corrected chi connectivity index (χ3v) is 4.74. The van der Waals surface area contributed by atoms with Crippen LogP contribution in [0.2, 0.25) is 0 Å². The van der Waals surface area contributed by atoms with Gasteiger partial charge in [-0.05, 0) is 48.3 Å². The molecule has 0 spiro atoms. The largest absolute Gasteiger partial charge is 0.309 e. The van der Waals surface area contributed by atoms with Crippen LogP contribution >= 0.6 is 11.3 Å². The van der Waals surface area contributed by atoms with Gasteiger partial charge in [-0.2, -0.15) is 0 Å². The normalized spacial score (nSPS) is 11.2.